The van der Waals surface area contributed by atoms with E-state index in [4.69, 9.17) is 11.6 Å². The van der Waals surface area contributed by atoms with Crippen LogP contribution in [0.15, 0.2) is 29.2 Å². The van der Waals surface area contributed by atoms with Gasteiger partial charge in [-0.15, -0.1) is 0 Å². The summed E-state index contributed by atoms with van der Waals surface area (Å²) in [6.45, 7) is -1.94. The molecule has 0 unspecified atom stereocenters. The summed E-state index contributed by atoms with van der Waals surface area (Å²) in [5.41, 5.74) is 0. The predicted octanol–water partition coefficient (Wildman–Crippen LogP) is 1.70. The normalized spacial score (nSPS) is 12.2. The van der Waals surface area contributed by atoms with Gasteiger partial charge in [0.1, 0.15) is 6.61 Å². The smallest absolute Gasteiger partial charge is 0.370 e. The minimum absolute atomic E-state index is 0.0315. The SMILES string of the molecule is O=C(CCNS(=O)(=O)c1cccc(Cl)c1)NCCOCC(F)(F)F. The van der Waals surface area contributed by atoms with Gasteiger partial charge in [-0.2, -0.15) is 13.2 Å². The van der Waals surface area contributed by atoms with Crippen LogP contribution in [0.2, 0.25) is 5.02 Å². The average molecular weight is 389 g/mol. The Morgan fingerprint density at radius 2 is 1.96 bits per heavy atom. The molecule has 6 nitrogen and oxygen atoms in total. The zero-order valence-electron chi connectivity index (χ0n) is 12.4. The fourth-order valence-electron chi connectivity index (χ4n) is 1.56. The molecule has 1 rings (SSSR count). The van der Waals surface area contributed by atoms with Crippen molar-refractivity contribution in [2.75, 3.05) is 26.3 Å². The molecule has 0 aliphatic rings. The molecule has 0 saturated heterocycles. The summed E-state index contributed by atoms with van der Waals surface area (Å²) in [4.78, 5) is 11.4. The maximum absolute atomic E-state index is 11.9. The Hall–Kier alpha value is -1.36. The van der Waals surface area contributed by atoms with Gasteiger partial charge in [0.05, 0.1) is 11.5 Å². The summed E-state index contributed by atoms with van der Waals surface area (Å²) >= 11 is 5.71. The van der Waals surface area contributed by atoms with Gasteiger partial charge in [-0.05, 0) is 18.2 Å². The van der Waals surface area contributed by atoms with Crippen LogP contribution < -0.4 is 10.0 Å². The molecule has 0 radical (unpaired) electrons. The van der Waals surface area contributed by atoms with Crippen LogP contribution in [0.25, 0.3) is 0 Å². The van der Waals surface area contributed by atoms with Crippen molar-refractivity contribution in [2.24, 2.45) is 0 Å². The quantitative estimate of drug-likeness (QED) is 0.631. The van der Waals surface area contributed by atoms with E-state index >= 15 is 0 Å². The van der Waals surface area contributed by atoms with E-state index in [1.54, 1.807) is 0 Å². The van der Waals surface area contributed by atoms with Gasteiger partial charge in [-0.3, -0.25) is 4.79 Å². The van der Waals surface area contributed by atoms with Crippen LogP contribution in [0, 0.1) is 0 Å². The van der Waals surface area contributed by atoms with E-state index in [2.05, 4.69) is 14.8 Å². The lowest BCUT2D eigenvalue weighted by molar-refractivity contribution is -0.173. The molecule has 0 spiro atoms. The Labute approximate surface area is 142 Å². The molecule has 0 saturated carbocycles. The van der Waals surface area contributed by atoms with Crippen molar-refractivity contribution in [3.63, 3.8) is 0 Å². The molecule has 136 valence electrons. The summed E-state index contributed by atoms with van der Waals surface area (Å²) < 4.78 is 65.8. The van der Waals surface area contributed by atoms with Crippen LogP contribution >= 0.6 is 11.6 Å². The highest BCUT2D eigenvalue weighted by atomic mass is 35.5. The van der Waals surface area contributed by atoms with E-state index in [9.17, 15) is 26.4 Å². The highest BCUT2D eigenvalue weighted by Crippen LogP contribution is 2.15. The van der Waals surface area contributed by atoms with Gasteiger partial charge >= 0.3 is 6.18 Å². The molecule has 0 fully saturated rings. The second-order valence-corrected chi connectivity index (χ2v) is 6.83. The van der Waals surface area contributed by atoms with Crippen molar-refractivity contribution in [3.05, 3.63) is 29.3 Å². The third-order valence-electron chi connectivity index (χ3n) is 2.58. The zero-order chi connectivity index (χ0) is 18.2. The molecular weight excluding hydrogens is 373 g/mol. The number of nitrogens with one attached hydrogen (secondary N) is 2. The molecule has 0 aliphatic heterocycles. The van der Waals surface area contributed by atoms with Crippen LogP contribution in [0.4, 0.5) is 13.2 Å². The number of benzene rings is 1. The van der Waals surface area contributed by atoms with Gasteiger partial charge in [0.15, 0.2) is 0 Å². The number of carbonyl (C=O) groups is 1. The molecule has 11 heteroatoms. The lowest BCUT2D eigenvalue weighted by atomic mass is 10.4. The van der Waals surface area contributed by atoms with Crippen molar-refractivity contribution in [3.8, 4) is 0 Å². The van der Waals surface area contributed by atoms with Crippen molar-refractivity contribution in [1.82, 2.24) is 10.0 Å². The molecule has 1 aromatic rings. The lowest BCUT2D eigenvalue weighted by Crippen LogP contribution is -2.32. The van der Waals surface area contributed by atoms with Crippen LogP contribution in [-0.2, 0) is 19.6 Å². The van der Waals surface area contributed by atoms with Gasteiger partial charge in [0, 0.05) is 24.5 Å². The number of alkyl halides is 3. The molecule has 24 heavy (non-hydrogen) atoms. The average Bonchev–Trinajstić information content (AvgIpc) is 2.45. The maximum Gasteiger partial charge on any atom is 0.411 e. The van der Waals surface area contributed by atoms with Crippen LogP contribution in [0.3, 0.4) is 0 Å². The van der Waals surface area contributed by atoms with Crippen molar-refractivity contribution < 1.29 is 31.1 Å². The van der Waals surface area contributed by atoms with Crippen LogP contribution in [0.1, 0.15) is 6.42 Å². The second kappa shape index (κ2) is 9.21. The Morgan fingerprint density at radius 1 is 1.25 bits per heavy atom. The van der Waals surface area contributed by atoms with E-state index in [0.29, 0.717) is 0 Å². The fraction of sp³-hybridized carbons (Fsp3) is 0.462. The van der Waals surface area contributed by atoms with Gasteiger partial charge in [-0.25, -0.2) is 13.1 Å². The molecule has 2 N–H and O–H groups in total. The van der Waals surface area contributed by atoms with Crippen molar-refractivity contribution in [2.45, 2.75) is 17.5 Å². The topological polar surface area (TPSA) is 84.5 Å². The summed E-state index contributed by atoms with van der Waals surface area (Å²) in [5.74, 6) is -0.514. The standard InChI is InChI=1S/C13H16ClF3N2O4S/c14-10-2-1-3-11(8-10)24(21,22)19-5-4-12(20)18-6-7-23-9-13(15,16)17/h1-3,8,19H,4-7,9H2,(H,18,20). The second-order valence-electron chi connectivity index (χ2n) is 4.62. The first-order valence-electron chi connectivity index (χ1n) is 6.76. The molecule has 0 heterocycles. The van der Waals surface area contributed by atoms with E-state index in [1.165, 1.54) is 24.3 Å². The first-order chi connectivity index (χ1) is 11.1. The van der Waals surface area contributed by atoms with E-state index < -0.39 is 28.7 Å². The summed E-state index contributed by atoms with van der Waals surface area (Å²) in [7, 11) is -3.79. The minimum Gasteiger partial charge on any atom is -0.370 e. The Bertz CT molecular complexity index is 653. The predicted molar refractivity (Wildman–Crippen MR) is 81.1 cm³/mol. The number of hydrogen-bond donors (Lipinski definition) is 2. The molecule has 0 aliphatic carbocycles. The molecule has 0 bridgehead atoms. The third-order valence-corrected chi connectivity index (χ3v) is 4.28. The number of carbonyl (C=O) groups excluding carboxylic acids is 1. The summed E-state index contributed by atoms with van der Waals surface area (Å²) in [6.07, 6.45) is -4.58. The molecule has 1 aromatic carbocycles. The van der Waals surface area contributed by atoms with Gasteiger partial charge < -0.3 is 10.1 Å². The fourth-order valence-corrected chi connectivity index (χ4v) is 2.89. The monoisotopic (exact) mass is 388 g/mol. The number of ether oxygens (including phenoxy) is 1. The number of rotatable bonds is 9. The number of sulfonamides is 1. The third kappa shape index (κ3) is 8.48. The molecular formula is C13H16ClF3N2O4S. The summed E-state index contributed by atoms with van der Waals surface area (Å²) in [6, 6.07) is 5.62. The van der Waals surface area contributed by atoms with Crippen LogP contribution in [0.5, 0.6) is 0 Å². The van der Waals surface area contributed by atoms with Crippen molar-refractivity contribution in [1.29, 1.82) is 0 Å². The zero-order valence-corrected chi connectivity index (χ0v) is 14.0. The largest absolute Gasteiger partial charge is 0.411 e. The molecule has 0 aromatic heterocycles. The van der Waals surface area contributed by atoms with E-state index in [-0.39, 0.29) is 36.0 Å². The minimum atomic E-state index is -4.41. The van der Waals surface area contributed by atoms with Gasteiger partial charge in [0.25, 0.3) is 0 Å². The number of halogens is 4. The summed E-state index contributed by atoms with van der Waals surface area (Å²) in [5, 5.41) is 2.58. The highest BCUT2D eigenvalue weighted by molar-refractivity contribution is 7.89. The van der Waals surface area contributed by atoms with Crippen LogP contribution in [-0.4, -0.2) is 46.8 Å². The first-order valence-corrected chi connectivity index (χ1v) is 8.63. The van der Waals surface area contributed by atoms with Gasteiger partial charge in [0.2, 0.25) is 15.9 Å². The number of amides is 1. The number of hydrogen-bond acceptors (Lipinski definition) is 4. The van der Waals surface area contributed by atoms with E-state index in [1.807, 2.05) is 0 Å². The molecule has 1 amide bonds. The molecule has 0 atom stereocenters. The Kier molecular flexibility index (Phi) is 7.94. The van der Waals surface area contributed by atoms with E-state index in [0.717, 1.165) is 0 Å². The first kappa shape index (κ1) is 20.7. The Morgan fingerprint density at radius 3 is 2.58 bits per heavy atom. The van der Waals surface area contributed by atoms with Gasteiger partial charge in [-0.1, -0.05) is 17.7 Å². The maximum atomic E-state index is 11.9. The highest BCUT2D eigenvalue weighted by Gasteiger charge is 2.27. The Balaban J connectivity index is 2.25. The van der Waals surface area contributed by atoms with Crippen molar-refractivity contribution >= 4 is 27.5 Å². The lowest BCUT2D eigenvalue weighted by Gasteiger charge is -2.09.